The average Bonchev–Trinajstić information content (AvgIpc) is 3.06. The van der Waals surface area contributed by atoms with Crippen LogP contribution in [0.2, 0.25) is 0 Å². The minimum Gasteiger partial charge on any atom is -0.465 e. The van der Waals surface area contributed by atoms with Crippen LogP contribution in [0.25, 0.3) is 0 Å². The summed E-state index contributed by atoms with van der Waals surface area (Å²) in [6.45, 7) is 1.12. The van der Waals surface area contributed by atoms with E-state index in [1.165, 1.54) is 37.0 Å². The second-order valence-electron chi connectivity index (χ2n) is 6.75. The van der Waals surface area contributed by atoms with Gasteiger partial charge in [-0.3, -0.25) is 4.79 Å². The quantitative estimate of drug-likeness (QED) is 0.838. The lowest BCUT2D eigenvalue weighted by Gasteiger charge is -2.28. The van der Waals surface area contributed by atoms with Gasteiger partial charge in [0.2, 0.25) is 0 Å². The van der Waals surface area contributed by atoms with Crippen molar-refractivity contribution in [2.75, 3.05) is 13.1 Å². The Morgan fingerprint density at radius 3 is 2.52 bits per heavy atom. The van der Waals surface area contributed by atoms with Gasteiger partial charge in [0, 0.05) is 30.8 Å². The molecule has 1 saturated heterocycles. The molecule has 1 aliphatic heterocycles. The maximum Gasteiger partial charge on any atom is 0.407 e. The molecule has 2 heterocycles. The average molecular weight is 336 g/mol. The van der Waals surface area contributed by atoms with Crippen LogP contribution in [-0.2, 0) is 0 Å². The van der Waals surface area contributed by atoms with Crippen molar-refractivity contribution < 1.29 is 14.7 Å². The van der Waals surface area contributed by atoms with Crippen LogP contribution in [0.4, 0.5) is 4.79 Å². The van der Waals surface area contributed by atoms with Crippen molar-refractivity contribution in [2.45, 2.75) is 57.3 Å². The molecular weight excluding hydrogens is 312 g/mol. The first-order chi connectivity index (χ1) is 11.1. The molecule has 0 aromatic carbocycles. The molecule has 1 aromatic rings. The van der Waals surface area contributed by atoms with E-state index in [0.717, 1.165) is 17.8 Å². The molecule has 6 heteroatoms. The molecule has 0 bridgehead atoms. The highest BCUT2D eigenvalue weighted by molar-refractivity contribution is 7.09. The number of nitrogens with zero attached hydrogens (tertiary/aromatic N) is 2. The van der Waals surface area contributed by atoms with Crippen molar-refractivity contribution in [3.63, 3.8) is 0 Å². The third-order valence-electron chi connectivity index (χ3n) is 5.12. The number of carbonyl (C=O) groups is 2. The van der Waals surface area contributed by atoms with E-state index < -0.39 is 6.09 Å². The first kappa shape index (κ1) is 16.4. The highest BCUT2D eigenvalue weighted by atomic mass is 32.1. The van der Waals surface area contributed by atoms with E-state index in [1.807, 2.05) is 5.38 Å². The minimum absolute atomic E-state index is 0.183. The third kappa shape index (κ3) is 4.10. The first-order valence-electron chi connectivity index (χ1n) is 8.60. The van der Waals surface area contributed by atoms with Crippen LogP contribution in [0.3, 0.4) is 0 Å². The van der Waals surface area contributed by atoms with Gasteiger partial charge < -0.3 is 10.0 Å². The number of hydrogen-bond acceptors (Lipinski definition) is 4. The Morgan fingerprint density at radius 1 is 1.17 bits per heavy atom. The molecule has 0 spiro atoms. The predicted molar refractivity (Wildman–Crippen MR) is 89.2 cm³/mol. The second-order valence-corrected chi connectivity index (χ2v) is 7.64. The lowest BCUT2D eigenvalue weighted by atomic mass is 9.85. The molecular formula is C17H24N2O3S. The van der Waals surface area contributed by atoms with E-state index >= 15 is 0 Å². The number of piperidine rings is 1. The number of rotatable bonds is 4. The zero-order valence-corrected chi connectivity index (χ0v) is 14.2. The van der Waals surface area contributed by atoms with Gasteiger partial charge in [0.1, 0.15) is 5.69 Å². The number of ketones is 1. The summed E-state index contributed by atoms with van der Waals surface area (Å²) in [5, 5.41) is 11.9. The monoisotopic (exact) mass is 336 g/mol. The maximum absolute atomic E-state index is 12.4. The molecule has 23 heavy (non-hydrogen) atoms. The molecule has 1 saturated carbocycles. The zero-order chi connectivity index (χ0) is 16.2. The summed E-state index contributed by atoms with van der Waals surface area (Å²) in [7, 11) is 0. The van der Waals surface area contributed by atoms with Crippen molar-refractivity contribution in [1.82, 2.24) is 9.88 Å². The van der Waals surface area contributed by atoms with Gasteiger partial charge in [-0.05, 0) is 18.8 Å². The fraction of sp³-hybridized carbons (Fsp3) is 0.706. The van der Waals surface area contributed by atoms with Crippen molar-refractivity contribution in [3.05, 3.63) is 16.1 Å². The van der Waals surface area contributed by atoms with Gasteiger partial charge >= 0.3 is 6.09 Å². The molecule has 0 unspecified atom stereocenters. The molecule has 2 aliphatic rings. The van der Waals surface area contributed by atoms with E-state index in [0.29, 0.717) is 37.0 Å². The Labute approximate surface area is 140 Å². The summed E-state index contributed by atoms with van der Waals surface area (Å²) >= 11 is 1.56. The fourth-order valence-electron chi connectivity index (χ4n) is 3.68. The van der Waals surface area contributed by atoms with Gasteiger partial charge in [0.15, 0.2) is 5.78 Å². The molecule has 1 N–H and O–H groups in total. The Morgan fingerprint density at radius 2 is 1.87 bits per heavy atom. The predicted octanol–water partition coefficient (Wildman–Crippen LogP) is 4.15. The molecule has 1 aliphatic carbocycles. The number of likely N-dealkylation sites (tertiary alicyclic amines) is 1. The van der Waals surface area contributed by atoms with E-state index in [-0.39, 0.29) is 5.78 Å². The summed E-state index contributed by atoms with van der Waals surface area (Å²) in [5.41, 5.74) is 0.622. The van der Waals surface area contributed by atoms with Gasteiger partial charge in [-0.15, -0.1) is 11.3 Å². The summed E-state index contributed by atoms with van der Waals surface area (Å²) in [6.07, 6.45) is 7.57. The van der Waals surface area contributed by atoms with Gasteiger partial charge in [-0.25, -0.2) is 9.78 Å². The third-order valence-corrected chi connectivity index (χ3v) is 6.13. The van der Waals surface area contributed by atoms with Crippen LogP contribution >= 0.6 is 11.3 Å². The number of aromatic nitrogens is 1. The normalized spacial score (nSPS) is 20.6. The summed E-state index contributed by atoms with van der Waals surface area (Å²) < 4.78 is 0. The maximum atomic E-state index is 12.4. The molecule has 0 radical (unpaired) electrons. The van der Waals surface area contributed by atoms with E-state index in [9.17, 15) is 9.59 Å². The largest absolute Gasteiger partial charge is 0.465 e. The summed E-state index contributed by atoms with van der Waals surface area (Å²) in [6, 6.07) is 0. The van der Waals surface area contributed by atoms with Crippen LogP contribution < -0.4 is 0 Å². The van der Waals surface area contributed by atoms with E-state index in [4.69, 9.17) is 5.11 Å². The fourth-order valence-corrected chi connectivity index (χ4v) is 4.67. The molecule has 0 atom stereocenters. The second kappa shape index (κ2) is 7.43. The zero-order valence-electron chi connectivity index (χ0n) is 13.4. The molecule has 1 amide bonds. The Bertz CT molecular complexity index is 558. The highest BCUT2D eigenvalue weighted by Gasteiger charge is 2.26. The topological polar surface area (TPSA) is 70.5 Å². The molecule has 5 nitrogen and oxygen atoms in total. The van der Waals surface area contributed by atoms with Crippen molar-refractivity contribution in [2.24, 2.45) is 5.92 Å². The van der Waals surface area contributed by atoms with Crippen LogP contribution in [0.1, 0.15) is 72.8 Å². The Balaban J connectivity index is 1.55. The number of carboxylic acid groups (broad SMARTS) is 1. The van der Waals surface area contributed by atoms with E-state index in [1.54, 1.807) is 11.3 Å². The minimum atomic E-state index is -0.842. The summed E-state index contributed by atoms with van der Waals surface area (Å²) in [4.78, 5) is 29.4. The van der Waals surface area contributed by atoms with Crippen LogP contribution in [0.15, 0.2) is 5.38 Å². The molecule has 2 fully saturated rings. The van der Waals surface area contributed by atoms with Crippen LogP contribution in [-0.4, -0.2) is 40.0 Å². The van der Waals surface area contributed by atoms with E-state index in [2.05, 4.69) is 4.98 Å². The standard InChI is InChI=1S/C17H24N2O3S/c20-15(10-12-4-2-1-3-5-12)14-11-23-16(18-14)13-6-8-19(9-7-13)17(21)22/h11-13H,1-10H2,(H,21,22). The Kier molecular flexibility index (Phi) is 5.30. The number of hydrogen-bond donors (Lipinski definition) is 1. The van der Waals surface area contributed by atoms with Crippen molar-refractivity contribution in [3.8, 4) is 0 Å². The number of Topliss-reactive ketones (excluding diaryl/α,β-unsaturated/α-hetero) is 1. The lowest BCUT2D eigenvalue weighted by Crippen LogP contribution is -2.36. The van der Waals surface area contributed by atoms with Crippen molar-refractivity contribution >= 4 is 23.2 Å². The van der Waals surface area contributed by atoms with Crippen molar-refractivity contribution in [1.29, 1.82) is 0 Å². The molecule has 126 valence electrons. The van der Waals surface area contributed by atoms with Crippen LogP contribution in [0, 0.1) is 5.92 Å². The molecule has 3 rings (SSSR count). The van der Waals surface area contributed by atoms with Gasteiger partial charge in [-0.2, -0.15) is 0 Å². The van der Waals surface area contributed by atoms with Gasteiger partial charge in [0.05, 0.1) is 5.01 Å². The number of amides is 1. The van der Waals surface area contributed by atoms with Crippen LogP contribution in [0.5, 0.6) is 0 Å². The first-order valence-corrected chi connectivity index (χ1v) is 9.48. The Hall–Kier alpha value is -1.43. The number of thiazole rings is 1. The lowest BCUT2D eigenvalue weighted by molar-refractivity contribution is 0.0945. The molecule has 1 aromatic heterocycles. The van der Waals surface area contributed by atoms with Gasteiger partial charge in [-0.1, -0.05) is 32.1 Å². The number of carbonyl (C=O) groups excluding carboxylic acids is 1. The SMILES string of the molecule is O=C(CC1CCCCC1)c1csc(C2CCN(C(=O)O)CC2)n1. The smallest absolute Gasteiger partial charge is 0.407 e. The van der Waals surface area contributed by atoms with Gasteiger partial charge in [0.25, 0.3) is 0 Å². The summed E-state index contributed by atoms with van der Waals surface area (Å²) in [5.74, 6) is 1.02. The highest BCUT2D eigenvalue weighted by Crippen LogP contribution is 2.32.